The minimum Gasteiger partial charge on any atom is -0.329 e. The first-order valence-corrected chi connectivity index (χ1v) is 7.14. The number of aryl methyl sites for hydroxylation is 2. The molecule has 1 aromatic heterocycles. The molecule has 0 N–H and O–H groups in total. The summed E-state index contributed by atoms with van der Waals surface area (Å²) in [5.41, 5.74) is 2.60. The average Bonchev–Trinajstić information content (AvgIpc) is 2.88. The Morgan fingerprint density at radius 3 is 2.71 bits per heavy atom. The monoisotopic (exact) mass is 283 g/mol. The Morgan fingerprint density at radius 2 is 2.10 bits per heavy atom. The molecule has 1 heterocycles. The van der Waals surface area contributed by atoms with Crippen LogP contribution in [0.2, 0.25) is 0 Å². The highest BCUT2D eigenvalue weighted by atomic mass is 16.2. The molecule has 2 rings (SSSR count). The molecule has 0 atom stereocenters. The van der Waals surface area contributed by atoms with Crippen LogP contribution >= 0.6 is 0 Å². The first-order valence-electron chi connectivity index (χ1n) is 7.14. The number of nitrogens with zero attached hydrogens (tertiary/aromatic N) is 3. The van der Waals surface area contributed by atoms with Crippen molar-refractivity contribution in [3.63, 3.8) is 0 Å². The zero-order valence-corrected chi connectivity index (χ0v) is 12.6. The van der Waals surface area contributed by atoms with Crippen LogP contribution in [-0.4, -0.2) is 27.1 Å². The van der Waals surface area contributed by atoms with Crippen LogP contribution in [0, 0.1) is 6.92 Å². The Labute approximate surface area is 125 Å². The van der Waals surface area contributed by atoms with Gasteiger partial charge in [0.2, 0.25) is 0 Å². The molecule has 1 amide bonds. The normalized spacial score (nSPS) is 10.4. The van der Waals surface area contributed by atoms with Crippen molar-refractivity contribution in [2.75, 3.05) is 6.54 Å². The van der Waals surface area contributed by atoms with Crippen molar-refractivity contribution in [3.05, 3.63) is 66.0 Å². The molecular formula is C17H21N3O. The number of hydrogen-bond acceptors (Lipinski definition) is 2. The maximum atomic E-state index is 12.7. The standard InChI is InChI=1S/C17H21N3O/c1-4-11-19(13-15-9-7-6-8-10-15)17(21)16-12-14(3)18-20(16)5-2/h4,6-10,12H,1,5,11,13H2,2-3H3. The second-order valence-corrected chi connectivity index (χ2v) is 4.95. The van der Waals surface area contributed by atoms with Gasteiger partial charge < -0.3 is 4.90 Å². The van der Waals surface area contributed by atoms with Crippen molar-refractivity contribution >= 4 is 5.91 Å². The molecule has 110 valence electrons. The van der Waals surface area contributed by atoms with Crippen LogP contribution < -0.4 is 0 Å². The van der Waals surface area contributed by atoms with E-state index in [0.29, 0.717) is 25.3 Å². The molecule has 2 aromatic rings. The summed E-state index contributed by atoms with van der Waals surface area (Å²) in [7, 11) is 0. The largest absolute Gasteiger partial charge is 0.329 e. The molecule has 1 aromatic carbocycles. The SMILES string of the molecule is C=CCN(Cc1ccccc1)C(=O)c1cc(C)nn1CC. The number of hydrogen-bond donors (Lipinski definition) is 0. The zero-order chi connectivity index (χ0) is 15.2. The second-order valence-electron chi connectivity index (χ2n) is 4.95. The van der Waals surface area contributed by atoms with Gasteiger partial charge in [-0.2, -0.15) is 5.10 Å². The van der Waals surface area contributed by atoms with Crippen LogP contribution in [0.4, 0.5) is 0 Å². The Morgan fingerprint density at radius 1 is 1.38 bits per heavy atom. The average molecular weight is 283 g/mol. The van der Waals surface area contributed by atoms with Gasteiger partial charge in [-0.3, -0.25) is 9.48 Å². The molecule has 0 saturated heterocycles. The predicted octanol–water partition coefficient (Wildman–Crippen LogP) is 3.04. The summed E-state index contributed by atoms with van der Waals surface area (Å²) >= 11 is 0. The highest BCUT2D eigenvalue weighted by Crippen LogP contribution is 2.12. The highest BCUT2D eigenvalue weighted by molar-refractivity contribution is 5.92. The fourth-order valence-electron chi connectivity index (χ4n) is 2.30. The van der Waals surface area contributed by atoms with Gasteiger partial charge in [0.15, 0.2) is 0 Å². The van der Waals surface area contributed by atoms with Crippen LogP contribution in [0.1, 0.15) is 28.7 Å². The quantitative estimate of drug-likeness (QED) is 0.764. The lowest BCUT2D eigenvalue weighted by molar-refractivity contribution is 0.0750. The van der Waals surface area contributed by atoms with E-state index in [1.54, 1.807) is 15.7 Å². The van der Waals surface area contributed by atoms with Gasteiger partial charge in [-0.05, 0) is 25.5 Å². The van der Waals surface area contributed by atoms with Gasteiger partial charge in [-0.15, -0.1) is 6.58 Å². The van der Waals surface area contributed by atoms with E-state index < -0.39 is 0 Å². The summed E-state index contributed by atoms with van der Waals surface area (Å²) in [6, 6.07) is 11.8. The van der Waals surface area contributed by atoms with Gasteiger partial charge in [0, 0.05) is 19.6 Å². The summed E-state index contributed by atoms with van der Waals surface area (Å²) < 4.78 is 1.75. The van der Waals surface area contributed by atoms with E-state index in [0.717, 1.165) is 11.3 Å². The number of carbonyl (C=O) groups excluding carboxylic acids is 1. The lowest BCUT2D eigenvalue weighted by atomic mass is 10.2. The van der Waals surface area contributed by atoms with Crippen LogP contribution in [0.3, 0.4) is 0 Å². The topological polar surface area (TPSA) is 38.1 Å². The maximum absolute atomic E-state index is 12.7. The molecule has 0 unspecified atom stereocenters. The molecule has 0 fully saturated rings. The second kappa shape index (κ2) is 6.88. The molecule has 0 aliphatic carbocycles. The molecule has 0 bridgehead atoms. The Bertz CT molecular complexity index is 616. The molecule has 0 saturated carbocycles. The van der Waals surface area contributed by atoms with Crippen LogP contribution in [-0.2, 0) is 13.1 Å². The predicted molar refractivity (Wildman–Crippen MR) is 84.0 cm³/mol. The van der Waals surface area contributed by atoms with Crippen molar-refractivity contribution in [1.82, 2.24) is 14.7 Å². The van der Waals surface area contributed by atoms with E-state index >= 15 is 0 Å². The molecule has 0 aliphatic heterocycles. The highest BCUT2D eigenvalue weighted by Gasteiger charge is 2.19. The van der Waals surface area contributed by atoms with E-state index in [9.17, 15) is 4.79 Å². The van der Waals surface area contributed by atoms with E-state index in [1.807, 2.05) is 50.2 Å². The van der Waals surface area contributed by atoms with E-state index in [1.165, 1.54) is 0 Å². The third-order valence-electron chi connectivity index (χ3n) is 3.27. The number of carbonyl (C=O) groups is 1. The fourth-order valence-corrected chi connectivity index (χ4v) is 2.30. The zero-order valence-electron chi connectivity index (χ0n) is 12.6. The number of rotatable bonds is 6. The molecule has 4 nitrogen and oxygen atoms in total. The smallest absolute Gasteiger partial charge is 0.272 e. The van der Waals surface area contributed by atoms with Gasteiger partial charge >= 0.3 is 0 Å². The minimum absolute atomic E-state index is 0.0128. The summed E-state index contributed by atoms with van der Waals surface area (Å²) in [5, 5.41) is 4.34. The first kappa shape index (κ1) is 15.0. The lowest BCUT2D eigenvalue weighted by Gasteiger charge is -2.21. The first-order chi connectivity index (χ1) is 10.2. The number of benzene rings is 1. The number of amides is 1. The van der Waals surface area contributed by atoms with Crippen LogP contribution in [0.15, 0.2) is 49.1 Å². The lowest BCUT2D eigenvalue weighted by Crippen LogP contribution is -2.32. The summed E-state index contributed by atoms with van der Waals surface area (Å²) in [5.74, 6) is -0.0128. The van der Waals surface area contributed by atoms with Gasteiger partial charge in [0.1, 0.15) is 5.69 Å². The molecule has 21 heavy (non-hydrogen) atoms. The third kappa shape index (κ3) is 3.60. The van der Waals surface area contributed by atoms with Crippen molar-refractivity contribution < 1.29 is 4.79 Å². The van der Waals surface area contributed by atoms with Crippen molar-refractivity contribution in [1.29, 1.82) is 0 Å². The van der Waals surface area contributed by atoms with Crippen LogP contribution in [0.25, 0.3) is 0 Å². The Kier molecular flexibility index (Phi) is 4.93. The maximum Gasteiger partial charge on any atom is 0.272 e. The van der Waals surface area contributed by atoms with Gasteiger partial charge in [-0.1, -0.05) is 36.4 Å². The Hall–Kier alpha value is -2.36. The molecule has 0 spiro atoms. The summed E-state index contributed by atoms with van der Waals surface area (Å²) in [4.78, 5) is 14.5. The number of aromatic nitrogens is 2. The molecular weight excluding hydrogens is 262 g/mol. The Balaban J connectivity index is 2.24. The molecule has 0 aliphatic rings. The van der Waals surface area contributed by atoms with Crippen molar-refractivity contribution in [2.24, 2.45) is 0 Å². The van der Waals surface area contributed by atoms with E-state index in [-0.39, 0.29) is 5.91 Å². The summed E-state index contributed by atoms with van der Waals surface area (Å²) in [6.45, 7) is 9.40. The van der Waals surface area contributed by atoms with Gasteiger partial charge in [0.25, 0.3) is 5.91 Å². The minimum atomic E-state index is -0.0128. The third-order valence-corrected chi connectivity index (χ3v) is 3.27. The van der Waals surface area contributed by atoms with Crippen molar-refractivity contribution in [2.45, 2.75) is 26.9 Å². The van der Waals surface area contributed by atoms with Crippen molar-refractivity contribution in [3.8, 4) is 0 Å². The fraction of sp³-hybridized carbons (Fsp3) is 0.294. The van der Waals surface area contributed by atoms with Crippen LogP contribution in [0.5, 0.6) is 0 Å². The van der Waals surface area contributed by atoms with E-state index in [4.69, 9.17) is 0 Å². The molecule has 4 heteroatoms. The van der Waals surface area contributed by atoms with Gasteiger partial charge in [0.05, 0.1) is 5.69 Å². The van der Waals surface area contributed by atoms with E-state index in [2.05, 4.69) is 11.7 Å². The molecule has 0 radical (unpaired) electrons. The summed E-state index contributed by atoms with van der Waals surface area (Å²) in [6.07, 6.45) is 1.75. The van der Waals surface area contributed by atoms with Gasteiger partial charge in [-0.25, -0.2) is 0 Å².